The van der Waals surface area contributed by atoms with E-state index in [1.54, 1.807) is 0 Å². The van der Waals surface area contributed by atoms with Crippen LogP contribution in [0.4, 0.5) is 0 Å². The van der Waals surface area contributed by atoms with Gasteiger partial charge in [-0.3, -0.25) is 10.2 Å². The van der Waals surface area contributed by atoms with Gasteiger partial charge < -0.3 is 5.32 Å². The lowest BCUT2D eigenvalue weighted by atomic mass is 10.00. The highest BCUT2D eigenvalue weighted by Crippen LogP contribution is 2.19. The molecule has 4 nitrogen and oxygen atoms in total. The van der Waals surface area contributed by atoms with Crippen molar-refractivity contribution in [3.05, 3.63) is 0 Å². The molecular formula is C12H25N3O. The van der Waals surface area contributed by atoms with Crippen LogP contribution in [0.5, 0.6) is 0 Å². The molecule has 1 fully saturated rings. The van der Waals surface area contributed by atoms with Crippen molar-refractivity contribution in [1.82, 2.24) is 15.8 Å². The summed E-state index contributed by atoms with van der Waals surface area (Å²) in [5.41, 5.74) is 3.01. The molecule has 1 saturated heterocycles. The maximum Gasteiger partial charge on any atom is 0.248 e. The summed E-state index contributed by atoms with van der Waals surface area (Å²) in [5, 5.41) is 5.23. The molecule has 94 valence electrons. The largest absolute Gasteiger partial charge is 0.308 e. The summed E-state index contributed by atoms with van der Waals surface area (Å²) in [6, 6.07) is 0.915. The number of hydrogen-bond donors (Lipinski definition) is 2. The normalized spacial score (nSPS) is 26.7. The summed E-state index contributed by atoms with van der Waals surface area (Å²) in [6.07, 6.45) is 4.67. The van der Waals surface area contributed by atoms with E-state index in [9.17, 15) is 4.79 Å². The number of rotatable bonds is 5. The van der Waals surface area contributed by atoms with Gasteiger partial charge in [-0.2, -0.15) is 0 Å². The highest BCUT2D eigenvalue weighted by molar-refractivity contribution is 5.77. The van der Waals surface area contributed by atoms with Crippen molar-refractivity contribution >= 4 is 5.91 Å². The SMILES string of the molecule is CCCNCC(=O)NN1C(C)CCCC1C. The van der Waals surface area contributed by atoms with Crippen LogP contribution in [0, 0.1) is 0 Å². The number of amides is 1. The van der Waals surface area contributed by atoms with Gasteiger partial charge >= 0.3 is 0 Å². The van der Waals surface area contributed by atoms with Crippen LogP contribution in [0.3, 0.4) is 0 Å². The second-order valence-corrected chi connectivity index (χ2v) is 4.75. The van der Waals surface area contributed by atoms with Crippen LogP contribution in [-0.2, 0) is 4.79 Å². The average Bonchev–Trinajstić information content (AvgIpc) is 2.24. The Labute approximate surface area is 98.7 Å². The molecule has 0 aromatic heterocycles. The molecule has 2 atom stereocenters. The van der Waals surface area contributed by atoms with Gasteiger partial charge in [-0.25, -0.2) is 5.01 Å². The first-order chi connectivity index (χ1) is 7.65. The van der Waals surface area contributed by atoms with E-state index in [0.29, 0.717) is 18.6 Å². The lowest BCUT2D eigenvalue weighted by Crippen LogP contribution is -2.55. The first kappa shape index (κ1) is 13.5. The Morgan fingerprint density at radius 2 is 1.94 bits per heavy atom. The number of carbonyl (C=O) groups excluding carboxylic acids is 1. The van der Waals surface area contributed by atoms with Crippen LogP contribution in [0.2, 0.25) is 0 Å². The Hall–Kier alpha value is -0.610. The minimum absolute atomic E-state index is 0.0778. The third-order valence-electron chi connectivity index (χ3n) is 3.16. The van der Waals surface area contributed by atoms with Gasteiger partial charge in [-0.15, -0.1) is 0 Å². The lowest BCUT2D eigenvalue weighted by molar-refractivity contribution is -0.128. The third-order valence-corrected chi connectivity index (χ3v) is 3.16. The van der Waals surface area contributed by atoms with E-state index in [4.69, 9.17) is 0 Å². The number of carbonyl (C=O) groups is 1. The van der Waals surface area contributed by atoms with Crippen molar-refractivity contribution in [2.45, 2.75) is 58.5 Å². The van der Waals surface area contributed by atoms with Gasteiger partial charge in [0, 0.05) is 12.1 Å². The van der Waals surface area contributed by atoms with Crippen LogP contribution >= 0.6 is 0 Å². The molecule has 0 radical (unpaired) electrons. The number of nitrogens with zero attached hydrogens (tertiary/aromatic N) is 1. The van der Waals surface area contributed by atoms with Crippen molar-refractivity contribution in [2.24, 2.45) is 0 Å². The van der Waals surface area contributed by atoms with E-state index in [2.05, 4.69) is 36.5 Å². The first-order valence-corrected chi connectivity index (χ1v) is 6.43. The Morgan fingerprint density at radius 3 is 2.50 bits per heavy atom. The van der Waals surface area contributed by atoms with Gasteiger partial charge in [0.05, 0.1) is 6.54 Å². The Morgan fingerprint density at radius 1 is 1.31 bits per heavy atom. The van der Waals surface area contributed by atoms with E-state index in [1.807, 2.05) is 0 Å². The van der Waals surface area contributed by atoms with Gasteiger partial charge in [0.2, 0.25) is 5.91 Å². The monoisotopic (exact) mass is 227 g/mol. The molecule has 2 unspecified atom stereocenters. The van der Waals surface area contributed by atoms with E-state index in [-0.39, 0.29) is 5.91 Å². The van der Waals surface area contributed by atoms with Crippen molar-refractivity contribution in [2.75, 3.05) is 13.1 Å². The molecule has 1 aliphatic heterocycles. The predicted octanol–water partition coefficient (Wildman–Crippen LogP) is 1.28. The smallest absolute Gasteiger partial charge is 0.248 e. The molecule has 0 saturated carbocycles. The molecule has 1 amide bonds. The van der Waals surface area contributed by atoms with Gasteiger partial charge in [-0.1, -0.05) is 13.3 Å². The molecule has 1 rings (SSSR count). The van der Waals surface area contributed by atoms with Crippen LogP contribution in [0.15, 0.2) is 0 Å². The van der Waals surface area contributed by atoms with Crippen LogP contribution in [-0.4, -0.2) is 36.1 Å². The number of hydrazine groups is 1. The number of piperidine rings is 1. The maximum absolute atomic E-state index is 11.7. The standard InChI is InChI=1S/C12H25N3O/c1-4-8-13-9-12(16)14-15-10(2)6-5-7-11(15)3/h10-11,13H,4-9H2,1-3H3,(H,14,16). The molecule has 16 heavy (non-hydrogen) atoms. The van der Waals surface area contributed by atoms with Crippen molar-refractivity contribution in [3.63, 3.8) is 0 Å². The molecule has 0 bridgehead atoms. The van der Waals surface area contributed by atoms with Gasteiger partial charge in [0.1, 0.15) is 0 Å². The highest BCUT2D eigenvalue weighted by Gasteiger charge is 2.25. The molecule has 0 spiro atoms. The molecule has 1 heterocycles. The second kappa shape index (κ2) is 6.86. The van der Waals surface area contributed by atoms with E-state index in [0.717, 1.165) is 13.0 Å². The van der Waals surface area contributed by atoms with E-state index in [1.165, 1.54) is 19.3 Å². The quantitative estimate of drug-likeness (QED) is 0.695. The zero-order chi connectivity index (χ0) is 12.0. The van der Waals surface area contributed by atoms with Gasteiger partial charge in [0.15, 0.2) is 0 Å². The topological polar surface area (TPSA) is 44.4 Å². The maximum atomic E-state index is 11.7. The Bertz CT molecular complexity index is 210. The minimum atomic E-state index is 0.0778. The molecule has 2 N–H and O–H groups in total. The van der Waals surface area contributed by atoms with Crippen molar-refractivity contribution in [1.29, 1.82) is 0 Å². The fourth-order valence-corrected chi connectivity index (χ4v) is 2.20. The van der Waals surface area contributed by atoms with Crippen LogP contribution in [0.25, 0.3) is 0 Å². The molecule has 1 aliphatic rings. The van der Waals surface area contributed by atoms with Crippen LogP contribution in [0.1, 0.15) is 46.5 Å². The molecule has 0 aromatic carbocycles. The summed E-state index contributed by atoms with van der Waals surface area (Å²) < 4.78 is 0. The summed E-state index contributed by atoms with van der Waals surface area (Å²) in [6.45, 7) is 7.77. The highest BCUT2D eigenvalue weighted by atomic mass is 16.2. The fraction of sp³-hybridized carbons (Fsp3) is 0.917. The van der Waals surface area contributed by atoms with Gasteiger partial charge in [0.25, 0.3) is 0 Å². The van der Waals surface area contributed by atoms with Crippen LogP contribution < -0.4 is 10.7 Å². The number of nitrogens with one attached hydrogen (secondary N) is 2. The van der Waals surface area contributed by atoms with Gasteiger partial charge in [-0.05, 0) is 39.7 Å². The third kappa shape index (κ3) is 4.10. The lowest BCUT2D eigenvalue weighted by Gasteiger charge is -2.38. The molecular weight excluding hydrogens is 202 g/mol. The molecule has 0 aliphatic carbocycles. The summed E-state index contributed by atoms with van der Waals surface area (Å²) in [4.78, 5) is 11.7. The summed E-state index contributed by atoms with van der Waals surface area (Å²) in [5.74, 6) is 0.0778. The predicted molar refractivity (Wildman–Crippen MR) is 65.9 cm³/mol. The van der Waals surface area contributed by atoms with E-state index < -0.39 is 0 Å². The minimum Gasteiger partial charge on any atom is -0.308 e. The Balaban J connectivity index is 2.30. The van der Waals surface area contributed by atoms with Crippen molar-refractivity contribution in [3.8, 4) is 0 Å². The fourth-order valence-electron chi connectivity index (χ4n) is 2.20. The molecule has 4 heteroatoms. The summed E-state index contributed by atoms with van der Waals surface area (Å²) in [7, 11) is 0. The van der Waals surface area contributed by atoms with E-state index >= 15 is 0 Å². The molecule has 0 aromatic rings. The second-order valence-electron chi connectivity index (χ2n) is 4.75. The Kier molecular flexibility index (Phi) is 5.77. The van der Waals surface area contributed by atoms with Crippen molar-refractivity contribution < 1.29 is 4.79 Å². The zero-order valence-corrected chi connectivity index (χ0v) is 10.8. The number of hydrogen-bond acceptors (Lipinski definition) is 3. The summed E-state index contributed by atoms with van der Waals surface area (Å²) >= 11 is 0. The first-order valence-electron chi connectivity index (χ1n) is 6.43. The average molecular weight is 227 g/mol. The zero-order valence-electron chi connectivity index (χ0n) is 10.8.